The van der Waals surface area contributed by atoms with E-state index in [0.717, 1.165) is 56.3 Å². The fourth-order valence-corrected chi connectivity index (χ4v) is 5.65. The van der Waals surface area contributed by atoms with Crippen molar-refractivity contribution in [3.05, 3.63) is 41.5 Å². The SMILES string of the molecule is C/C=C/CCC1CCC(C2CCC(c3ccc(OCCCC)c(F)c3F)CC2)CC1. The van der Waals surface area contributed by atoms with Crippen molar-refractivity contribution in [2.45, 2.75) is 96.8 Å². The van der Waals surface area contributed by atoms with Crippen LogP contribution in [0.15, 0.2) is 24.3 Å². The Kier molecular flexibility index (Phi) is 9.21. The summed E-state index contributed by atoms with van der Waals surface area (Å²) in [6.07, 6.45) is 18.6. The van der Waals surface area contributed by atoms with E-state index in [2.05, 4.69) is 26.0 Å². The molecule has 0 bridgehead atoms. The summed E-state index contributed by atoms with van der Waals surface area (Å²) in [4.78, 5) is 0. The molecule has 168 valence electrons. The van der Waals surface area contributed by atoms with Gasteiger partial charge in [-0.3, -0.25) is 0 Å². The highest BCUT2D eigenvalue weighted by atomic mass is 19.2. The maximum Gasteiger partial charge on any atom is 0.200 e. The van der Waals surface area contributed by atoms with Crippen LogP contribution in [0.4, 0.5) is 8.78 Å². The molecule has 2 aliphatic carbocycles. The van der Waals surface area contributed by atoms with Crippen LogP contribution in [0.25, 0.3) is 0 Å². The quantitative estimate of drug-likeness (QED) is 0.288. The summed E-state index contributed by atoms with van der Waals surface area (Å²) in [5, 5.41) is 0. The number of benzene rings is 1. The first-order chi connectivity index (χ1) is 14.6. The fraction of sp³-hybridized carbons (Fsp3) is 0.704. The Balaban J connectivity index is 1.48. The second-order valence-corrected chi connectivity index (χ2v) is 9.52. The van der Waals surface area contributed by atoms with E-state index in [1.807, 2.05) is 0 Å². The van der Waals surface area contributed by atoms with Crippen molar-refractivity contribution in [2.24, 2.45) is 17.8 Å². The first kappa shape index (κ1) is 23.3. The molecule has 2 aliphatic rings. The number of hydrogen-bond donors (Lipinski definition) is 0. The third kappa shape index (κ3) is 6.08. The minimum Gasteiger partial charge on any atom is -0.490 e. The number of hydrogen-bond acceptors (Lipinski definition) is 1. The van der Waals surface area contributed by atoms with Crippen LogP contribution < -0.4 is 4.74 Å². The molecule has 3 rings (SSSR count). The zero-order chi connectivity index (χ0) is 21.3. The van der Waals surface area contributed by atoms with Gasteiger partial charge in [-0.1, -0.05) is 44.4 Å². The minimum absolute atomic E-state index is 0.0598. The van der Waals surface area contributed by atoms with E-state index in [-0.39, 0.29) is 11.7 Å². The van der Waals surface area contributed by atoms with Gasteiger partial charge in [-0.05, 0) is 100 Å². The molecule has 3 heteroatoms. The van der Waals surface area contributed by atoms with Gasteiger partial charge in [0, 0.05) is 0 Å². The summed E-state index contributed by atoms with van der Waals surface area (Å²) < 4.78 is 34.6. The Bertz CT molecular complexity index is 668. The predicted molar refractivity (Wildman–Crippen MR) is 121 cm³/mol. The lowest BCUT2D eigenvalue weighted by atomic mass is 9.68. The summed E-state index contributed by atoms with van der Waals surface area (Å²) in [5.74, 6) is 1.25. The second-order valence-electron chi connectivity index (χ2n) is 9.52. The number of halogens is 2. The second kappa shape index (κ2) is 11.9. The highest BCUT2D eigenvalue weighted by Gasteiger charge is 2.32. The maximum absolute atomic E-state index is 14.7. The first-order valence-corrected chi connectivity index (χ1v) is 12.4. The number of ether oxygens (including phenoxy) is 1. The van der Waals surface area contributed by atoms with Gasteiger partial charge in [-0.25, -0.2) is 4.39 Å². The van der Waals surface area contributed by atoms with E-state index >= 15 is 0 Å². The van der Waals surface area contributed by atoms with Crippen molar-refractivity contribution in [1.29, 1.82) is 0 Å². The van der Waals surface area contributed by atoms with Crippen molar-refractivity contribution < 1.29 is 13.5 Å². The molecule has 2 fully saturated rings. The van der Waals surface area contributed by atoms with Gasteiger partial charge in [-0.2, -0.15) is 4.39 Å². The molecule has 0 spiro atoms. The lowest BCUT2D eigenvalue weighted by Gasteiger charge is -2.38. The number of allylic oxidation sites excluding steroid dienone is 2. The molecule has 1 nitrogen and oxygen atoms in total. The van der Waals surface area contributed by atoms with Gasteiger partial charge in [0.2, 0.25) is 5.82 Å². The lowest BCUT2D eigenvalue weighted by molar-refractivity contribution is 0.156. The molecule has 0 saturated heterocycles. The van der Waals surface area contributed by atoms with E-state index in [4.69, 9.17) is 4.74 Å². The predicted octanol–water partition coefficient (Wildman–Crippen LogP) is 8.58. The van der Waals surface area contributed by atoms with Gasteiger partial charge in [-0.15, -0.1) is 0 Å². The molecule has 0 N–H and O–H groups in total. The molecule has 0 unspecified atom stereocenters. The summed E-state index contributed by atoms with van der Waals surface area (Å²) >= 11 is 0. The molecule has 30 heavy (non-hydrogen) atoms. The number of unbranched alkanes of at least 4 members (excludes halogenated alkanes) is 1. The molecule has 0 aliphatic heterocycles. The monoisotopic (exact) mass is 418 g/mol. The Labute approximate surface area is 182 Å². The first-order valence-electron chi connectivity index (χ1n) is 12.4. The number of rotatable bonds is 9. The van der Waals surface area contributed by atoms with E-state index in [9.17, 15) is 8.78 Å². The largest absolute Gasteiger partial charge is 0.490 e. The summed E-state index contributed by atoms with van der Waals surface area (Å²) in [5.41, 5.74) is 0.557. The highest BCUT2D eigenvalue weighted by Crippen LogP contribution is 2.45. The molecule has 0 atom stereocenters. The van der Waals surface area contributed by atoms with E-state index in [1.165, 1.54) is 38.5 Å². The molecule has 0 radical (unpaired) electrons. The van der Waals surface area contributed by atoms with E-state index in [1.54, 1.807) is 12.1 Å². The minimum atomic E-state index is -0.804. The van der Waals surface area contributed by atoms with Crippen LogP contribution in [-0.2, 0) is 0 Å². The highest BCUT2D eigenvalue weighted by molar-refractivity contribution is 5.33. The fourth-order valence-electron chi connectivity index (χ4n) is 5.65. The van der Waals surface area contributed by atoms with Gasteiger partial charge < -0.3 is 4.74 Å². The molecule has 0 heterocycles. The van der Waals surface area contributed by atoms with Gasteiger partial charge in [0.05, 0.1) is 6.61 Å². The Hall–Kier alpha value is -1.38. The van der Waals surface area contributed by atoms with E-state index in [0.29, 0.717) is 12.2 Å². The van der Waals surface area contributed by atoms with Crippen LogP contribution in [0.5, 0.6) is 5.75 Å². The van der Waals surface area contributed by atoms with Crippen molar-refractivity contribution >= 4 is 0 Å². The average Bonchev–Trinajstić information content (AvgIpc) is 2.78. The van der Waals surface area contributed by atoms with Crippen molar-refractivity contribution in [3.63, 3.8) is 0 Å². The Morgan fingerprint density at radius 3 is 2.23 bits per heavy atom. The van der Waals surface area contributed by atoms with Crippen LogP contribution in [0.3, 0.4) is 0 Å². The third-order valence-corrected chi connectivity index (χ3v) is 7.58. The van der Waals surface area contributed by atoms with Crippen LogP contribution in [-0.4, -0.2) is 6.61 Å². The molecule has 0 aromatic heterocycles. The third-order valence-electron chi connectivity index (χ3n) is 7.58. The van der Waals surface area contributed by atoms with Gasteiger partial charge in [0.1, 0.15) is 0 Å². The van der Waals surface area contributed by atoms with E-state index < -0.39 is 11.6 Å². The Morgan fingerprint density at radius 1 is 0.933 bits per heavy atom. The summed E-state index contributed by atoms with van der Waals surface area (Å²) in [7, 11) is 0. The zero-order valence-electron chi connectivity index (χ0n) is 19.0. The van der Waals surface area contributed by atoms with Crippen LogP contribution in [0.2, 0.25) is 0 Å². The molecule has 1 aromatic carbocycles. The van der Waals surface area contributed by atoms with Gasteiger partial charge >= 0.3 is 0 Å². The van der Waals surface area contributed by atoms with Gasteiger partial charge in [0.15, 0.2) is 11.6 Å². The standard InChI is InChI=1S/C27H40F2O/c1-3-5-7-8-20-9-11-21(12-10-20)22-13-15-23(16-14-22)24-17-18-25(27(29)26(24)28)30-19-6-4-2/h3,5,17-18,20-23H,4,6-16,19H2,1-2H3/b5-3+. The Morgan fingerprint density at radius 2 is 1.60 bits per heavy atom. The van der Waals surface area contributed by atoms with Crippen molar-refractivity contribution in [2.75, 3.05) is 6.61 Å². The van der Waals surface area contributed by atoms with Gasteiger partial charge in [0.25, 0.3) is 0 Å². The lowest BCUT2D eigenvalue weighted by Crippen LogP contribution is -2.25. The summed E-state index contributed by atoms with van der Waals surface area (Å²) in [6.45, 7) is 4.59. The molecular formula is C27H40F2O. The molecule has 2 saturated carbocycles. The molecular weight excluding hydrogens is 378 g/mol. The van der Waals surface area contributed by atoms with Crippen molar-refractivity contribution in [1.82, 2.24) is 0 Å². The topological polar surface area (TPSA) is 9.23 Å². The van der Waals surface area contributed by atoms with Crippen molar-refractivity contribution in [3.8, 4) is 5.75 Å². The smallest absolute Gasteiger partial charge is 0.200 e. The summed E-state index contributed by atoms with van der Waals surface area (Å²) in [6, 6.07) is 3.39. The zero-order valence-corrected chi connectivity index (χ0v) is 19.0. The van der Waals surface area contributed by atoms with Crippen LogP contribution in [0, 0.1) is 29.4 Å². The maximum atomic E-state index is 14.7. The van der Waals surface area contributed by atoms with Crippen LogP contribution in [0.1, 0.15) is 102 Å². The molecule has 0 amide bonds. The normalized spacial score (nSPS) is 27.5. The average molecular weight is 419 g/mol. The molecule has 1 aromatic rings. The van der Waals surface area contributed by atoms with Crippen LogP contribution >= 0.6 is 0 Å².